The van der Waals surface area contributed by atoms with Gasteiger partial charge in [0.25, 0.3) is 5.91 Å². The smallest absolute Gasteiger partial charge is 0.306 e. The maximum Gasteiger partial charge on any atom is 0.306 e. The van der Waals surface area contributed by atoms with E-state index < -0.39 is 11.8 Å². The van der Waals surface area contributed by atoms with Gasteiger partial charge in [0, 0.05) is 17.7 Å². The lowest BCUT2D eigenvalue weighted by molar-refractivity contribution is -0.148. The minimum absolute atomic E-state index is 0.294. The van der Waals surface area contributed by atoms with Crippen molar-refractivity contribution in [1.82, 2.24) is 0 Å². The van der Waals surface area contributed by atoms with Crippen LogP contribution >= 0.6 is 0 Å². The number of rotatable bonds is 6. The molecule has 1 aromatic rings. The highest BCUT2D eigenvalue weighted by atomic mass is 16.5. The van der Waals surface area contributed by atoms with E-state index in [1.54, 1.807) is 12.1 Å². The van der Waals surface area contributed by atoms with Crippen LogP contribution in [0.5, 0.6) is 0 Å². The predicted molar refractivity (Wildman–Crippen MR) is 88.1 cm³/mol. The summed E-state index contributed by atoms with van der Waals surface area (Å²) >= 11 is 0. The molecule has 0 radical (unpaired) electrons. The predicted octanol–water partition coefficient (Wildman–Crippen LogP) is 2.09. The topological polar surface area (TPSA) is 98.5 Å². The van der Waals surface area contributed by atoms with Crippen LogP contribution in [0.3, 0.4) is 0 Å². The first-order valence-corrected chi connectivity index (χ1v) is 8.36. The molecule has 3 N–H and O–H groups in total. The minimum atomic E-state index is -0.526. The van der Waals surface area contributed by atoms with Crippen molar-refractivity contribution in [3.8, 4) is 0 Å². The van der Waals surface area contributed by atoms with Gasteiger partial charge in [-0.2, -0.15) is 0 Å². The van der Waals surface area contributed by atoms with Gasteiger partial charge in [0.15, 0.2) is 6.61 Å². The molecular formula is C18H22N2O4. The fraction of sp³-hybridized carbons (Fsp3) is 0.500. The zero-order chi connectivity index (χ0) is 17.1. The zero-order valence-electron chi connectivity index (χ0n) is 13.5. The average molecular weight is 330 g/mol. The summed E-state index contributed by atoms with van der Waals surface area (Å²) < 4.78 is 5.08. The van der Waals surface area contributed by atoms with E-state index >= 15 is 0 Å². The van der Waals surface area contributed by atoms with Gasteiger partial charge in [0.05, 0.1) is 0 Å². The molecule has 0 aromatic heterocycles. The first kappa shape index (κ1) is 16.5. The van der Waals surface area contributed by atoms with Gasteiger partial charge in [-0.1, -0.05) is 6.42 Å². The van der Waals surface area contributed by atoms with Crippen LogP contribution < -0.4 is 11.1 Å². The molecule has 2 aliphatic carbocycles. The van der Waals surface area contributed by atoms with Gasteiger partial charge in [-0.15, -0.1) is 0 Å². The zero-order valence-corrected chi connectivity index (χ0v) is 13.5. The summed E-state index contributed by atoms with van der Waals surface area (Å²) in [6.07, 6.45) is 5.32. The third kappa shape index (κ3) is 3.93. The Hall–Kier alpha value is -2.37. The Morgan fingerprint density at radius 2 is 1.88 bits per heavy atom. The van der Waals surface area contributed by atoms with E-state index in [0.29, 0.717) is 29.5 Å². The minimum Gasteiger partial charge on any atom is -0.456 e. The molecule has 2 amide bonds. The number of nitrogens with one attached hydrogen (secondary N) is 1. The Morgan fingerprint density at radius 3 is 2.46 bits per heavy atom. The van der Waals surface area contributed by atoms with Crippen LogP contribution in [-0.2, 0) is 14.3 Å². The molecule has 2 saturated carbocycles. The van der Waals surface area contributed by atoms with Gasteiger partial charge in [0.2, 0.25) is 5.91 Å². The number of hydrogen-bond acceptors (Lipinski definition) is 4. The van der Waals surface area contributed by atoms with Crippen LogP contribution in [0.1, 0.15) is 42.5 Å². The summed E-state index contributed by atoms with van der Waals surface area (Å²) in [7, 11) is 0. The molecule has 3 atom stereocenters. The summed E-state index contributed by atoms with van der Waals surface area (Å²) in [4.78, 5) is 34.7. The molecule has 128 valence electrons. The lowest BCUT2D eigenvalue weighted by Crippen LogP contribution is -2.23. The van der Waals surface area contributed by atoms with E-state index in [1.807, 2.05) is 0 Å². The number of carbonyl (C=O) groups is 3. The molecule has 6 nitrogen and oxygen atoms in total. The Balaban J connectivity index is 1.40. The largest absolute Gasteiger partial charge is 0.456 e. The van der Waals surface area contributed by atoms with Gasteiger partial charge in [-0.3, -0.25) is 14.4 Å². The van der Waals surface area contributed by atoms with E-state index in [2.05, 4.69) is 5.32 Å². The van der Waals surface area contributed by atoms with Crippen LogP contribution in [0.2, 0.25) is 0 Å². The molecule has 2 fully saturated rings. The average Bonchev–Trinajstić information content (AvgIpc) is 3.16. The molecule has 2 aliphatic rings. The Morgan fingerprint density at radius 1 is 1.12 bits per heavy atom. The number of esters is 1. The van der Waals surface area contributed by atoms with Crippen molar-refractivity contribution < 1.29 is 19.1 Å². The van der Waals surface area contributed by atoms with Crippen LogP contribution in [0.15, 0.2) is 24.3 Å². The quantitative estimate of drug-likeness (QED) is 0.780. The number of hydrogen-bond donors (Lipinski definition) is 2. The third-order valence-electron chi connectivity index (χ3n) is 5.13. The lowest BCUT2D eigenvalue weighted by atomic mass is 9.86. The van der Waals surface area contributed by atoms with Gasteiger partial charge < -0.3 is 15.8 Å². The number of ether oxygens (including phenoxy) is 1. The maximum absolute atomic E-state index is 11.9. The summed E-state index contributed by atoms with van der Waals surface area (Å²) in [6, 6.07) is 6.21. The Kier molecular flexibility index (Phi) is 4.83. The first-order valence-electron chi connectivity index (χ1n) is 8.36. The Labute approximate surface area is 140 Å². The molecule has 2 bridgehead atoms. The van der Waals surface area contributed by atoms with E-state index in [-0.39, 0.29) is 12.6 Å². The second-order valence-electron chi connectivity index (χ2n) is 6.79. The molecular weight excluding hydrogens is 308 g/mol. The Bertz CT molecular complexity index is 641. The first-order chi connectivity index (χ1) is 11.5. The van der Waals surface area contributed by atoms with Crippen molar-refractivity contribution in [3.63, 3.8) is 0 Å². The van der Waals surface area contributed by atoms with Crippen molar-refractivity contribution in [2.45, 2.75) is 32.1 Å². The second-order valence-corrected chi connectivity index (χ2v) is 6.79. The fourth-order valence-electron chi connectivity index (χ4n) is 3.96. The maximum atomic E-state index is 11.9. The van der Waals surface area contributed by atoms with Crippen molar-refractivity contribution in [3.05, 3.63) is 29.8 Å². The lowest BCUT2D eigenvalue weighted by Gasteiger charge is -2.20. The van der Waals surface area contributed by atoms with Crippen molar-refractivity contribution in [2.75, 3.05) is 11.9 Å². The molecule has 0 spiro atoms. The molecule has 3 rings (SSSR count). The highest BCUT2D eigenvalue weighted by molar-refractivity contribution is 5.95. The molecule has 0 unspecified atom stereocenters. The van der Waals surface area contributed by atoms with Crippen molar-refractivity contribution >= 4 is 23.5 Å². The molecule has 24 heavy (non-hydrogen) atoms. The summed E-state index contributed by atoms with van der Waals surface area (Å²) in [5.74, 6) is 0.664. The second kappa shape index (κ2) is 7.03. The van der Waals surface area contributed by atoms with Gasteiger partial charge >= 0.3 is 5.97 Å². The standard InChI is InChI=1S/C18H22N2O4/c19-18(23)12-3-5-15(6-4-12)20-16(21)10-24-17(22)9-14-8-11-1-2-13(14)7-11/h3-6,11,13-14H,1-2,7-10H2,(H2,19,23)(H,20,21)/t11-,13+,14-/m1/s1. The van der Waals surface area contributed by atoms with Crippen LogP contribution in [0.4, 0.5) is 5.69 Å². The summed E-state index contributed by atoms with van der Waals surface area (Å²) in [6.45, 7) is -0.294. The van der Waals surface area contributed by atoms with Gasteiger partial charge in [-0.25, -0.2) is 0 Å². The van der Waals surface area contributed by atoms with E-state index in [1.165, 1.54) is 31.4 Å². The van der Waals surface area contributed by atoms with Crippen molar-refractivity contribution in [2.24, 2.45) is 23.5 Å². The highest BCUT2D eigenvalue weighted by Crippen LogP contribution is 2.49. The summed E-state index contributed by atoms with van der Waals surface area (Å²) in [5, 5.41) is 2.62. The number of carbonyl (C=O) groups excluding carboxylic acids is 3. The van der Waals surface area contributed by atoms with Crippen LogP contribution in [-0.4, -0.2) is 24.4 Å². The number of anilines is 1. The molecule has 0 aliphatic heterocycles. The molecule has 6 heteroatoms. The normalized spacial score (nSPS) is 24.6. The van der Waals surface area contributed by atoms with Crippen molar-refractivity contribution in [1.29, 1.82) is 0 Å². The summed E-state index contributed by atoms with van der Waals surface area (Å²) in [5.41, 5.74) is 6.04. The van der Waals surface area contributed by atoms with Gasteiger partial charge in [-0.05, 0) is 61.3 Å². The number of nitrogens with two attached hydrogens (primary N) is 1. The van der Waals surface area contributed by atoms with Crippen LogP contribution in [0.25, 0.3) is 0 Å². The third-order valence-corrected chi connectivity index (χ3v) is 5.13. The molecule has 1 aromatic carbocycles. The molecule has 0 heterocycles. The van der Waals surface area contributed by atoms with Crippen LogP contribution in [0, 0.1) is 17.8 Å². The highest BCUT2D eigenvalue weighted by Gasteiger charge is 2.40. The monoisotopic (exact) mass is 330 g/mol. The number of fused-ring (bicyclic) bond motifs is 2. The molecule has 0 saturated heterocycles. The number of amides is 2. The van der Waals surface area contributed by atoms with E-state index in [0.717, 1.165) is 12.3 Å². The van der Waals surface area contributed by atoms with E-state index in [9.17, 15) is 14.4 Å². The number of primary amides is 1. The van der Waals surface area contributed by atoms with E-state index in [4.69, 9.17) is 10.5 Å². The number of benzene rings is 1. The fourth-order valence-corrected chi connectivity index (χ4v) is 3.96. The van der Waals surface area contributed by atoms with Gasteiger partial charge in [0.1, 0.15) is 0 Å². The SMILES string of the molecule is NC(=O)c1ccc(NC(=O)COC(=O)C[C@H]2C[C@@H]3CC[C@H]2C3)cc1.